The number of fused-ring (bicyclic) bond motifs is 1. The summed E-state index contributed by atoms with van der Waals surface area (Å²) >= 11 is 0. The topological polar surface area (TPSA) is 87.0 Å². The number of allylic oxidation sites excluding steroid dienone is 3. The van der Waals surface area contributed by atoms with E-state index in [0.717, 1.165) is 37.7 Å². The van der Waals surface area contributed by atoms with E-state index in [9.17, 15) is 10.2 Å². The fourth-order valence-electron chi connectivity index (χ4n) is 6.40. The summed E-state index contributed by atoms with van der Waals surface area (Å²) < 4.78 is 5.98. The molecule has 0 heterocycles. The molecular formula is C32H50O5. The van der Waals surface area contributed by atoms with Crippen LogP contribution in [0.4, 0.5) is 0 Å². The lowest BCUT2D eigenvalue weighted by atomic mass is 9.62. The first-order valence-corrected chi connectivity index (χ1v) is 14.1. The van der Waals surface area contributed by atoms with E-state index in [1.165, 1.54) is 37.7 Å². The van der Waals surface area contributed by atoms with E-state index in [-0.39, 0.29) is 12.6 Å². The molecule has 0 aromatic carbocycles. The van der Waals surface area contributed by atoms with Crippen molar-refractivity contribution >= 4 is 6.47 Å². The molecule has 5 nitrogen and oxygen atoms in total. The third kappa shape index (κ3) is 9.13. The smallest absolute Gasteiger partial charge is 0.290 e. The molecule has 0 aromatic heterocycles. The van der Waals surface area contributed by atoms with E-state index in [4.69, 9.17) is 14.6 Å². The van der Waals surface area contributed by atoms with Gasteiger partial charge in [0.15, 0.2) is 0 Å². The highest BCUT2D eigenvalue weighted by Crippen LogP contribution is 2.58. The van der Waals surface area contributed by atoms with Crippen LogP contribution in [0.1, 0.15) is 98.8 Å². The SMILES string of the molecule is C=C1/C(=C\C=C2/CCCC3(C)C(CCC#CC(C)(C)O)CCC23)CCC(OCCC(C)C)C1O.O=CO. The van der Waals surface area contributed by atoms with Gasteiger partial charge in [-0.3, -0.25) is 4.79 Å². The van der Waals surface area contributed by atoms with Crippen LogP contribution in [0.3, 0.4) is 0 Å². The molecule has 5 unspecified atom stereocenters. The molecule has 0 saturated heterocycles. The lowest BCUT2D eigenvalue weighted by Gasteiger charge is -2.42. The molecule has 3 aliphatic rings. The van der Waals surface area contributed by atoms with Crippen molar-refractivity contribution in [2.75, 3.05) is 6.61 Å². The number of aliphatic hydroxyl groups is 2. The maximum Gasteiger partial charge on any atom is 0.290 e. The zero-order valence-electron chi connectivity index (χ0n) is 23.8. The van der Waals surface area contributed by atoms with E-state index in [1.54, 1.807) is 19.4 Å². The van der Waals surface area contributed by atoms with E-state index in [0.29, 0.717) is 29.8 Å². The number of aliphatic hydroxyl groups excluding tert-OH is 1. The van der Waals surface area contributed by atoms with Crippen LogP contribution in [0.15, 0.2) is 35.5 Å². The van der Waals surface area contributed by atoms with Gasteiger partial charge in [0.05, 0.1) is 6.10 Å². The number of carboxylic acid groups (broad SMARTS) is 1. The first-order valence-electron chi connectivity index (χ1n) is 14.1. The Morgan fingerprint density at radius 1 is 1.22 bits per heavy atom. The van der Waals surface area contributed by atoms with Gasteiger partial charge in [-0.25, -0.2) is 0 Å². The minimum atomic E-state index is -0.896. The van der Waals surface area contributed by atoms with Gasteiger partial charge in [-0.15, -0.1) is 5.92 Å². The molecule has 0 spiro atoms. The summed E-state index contributed by atoms with van der Waals surface area (Å²) in [5.41, 5.74) is 3.08. The first-order chi connectivity index (χ1) is 17.4. The van der Waals surface area contributed by atoms with Gasteiger partial charge in [0.1, 0.15) is 11.7 Å². The van der Waals surface area contributed by atoms with Crippen LogP contribution >= 0.6 is 0 Å². The number of rotatable bonds is 7. The molecule has 3 fully saturated rings. The molecule has 208 valence electrons. The van der Waals surface area contributed by atoms with Crippen molar-refractivity contribution in [3.63, 3.8) is 0 Å². The van der Waals surface area contributed by atoms with Gasteiger partial charge in [-0.05, 0) is 106 Å². The van der Waals surface area contributed by atoms with E-state index in [1.807, 2.05) is 0 Å². The van der Waals surface area contributed by atoms with Gasteiger partial charge in [-0.2, -0.15) is 0 Å². The van der Waals surface area contributed by atoms with Gasteiger partial charge < -0.3 is 20.1 Å². The highest BCUT2D eigenvalue weighted by atomic mass is 16.5. The van der Waals surface area contributed by atoms with Crippen LogP contribution in [0.5, 0.6) is 0 Å². The second kappa shape index (κ2) is 14.3. The van der Waals surface area contributed by atoms with E-state index < -0.39 is 11.7 Å². The van der Waals surface area contributed by atoms with Crippen LogP contribution in [-0.4, -0.2) is 46.2 Å². The summed E-state index contributed by atoms with van der Waals surface area (Å²) in [6.45, 7) is 15.1. The molecule has 5 heteroatoms. The Kier molecular flexibility index (Phi) is 12.1. The molecule has 3 N–H and O–H groups in total. The normalized spacial score (nSPS) is 31.9. The van der Waals surface area contributed by atoms with Crippen molar-refractivity contribution in [2.24, 2.45) is 23.2 Å². The van der Waals surface area contributed by atoms with Crippen molar-refractivity contribution in [3.05, 3.63) is 35.5 Å². The molecule has 3 aliphatic carbocycles. The molecule has 0 aliphatic heterocycles. The summed E-state index contributed by atoms with van der Waals surface area (Å²) in [5, 5.41) is 27.5. The van der Waals surface area contributed by atoms with Crippen molar-refractivity contribution in [1.29, 1.82) is 0 Å². The lowest BCUT2D eigenvalue weighted by Crippen LogP contribution is -2.35. The molecule has 37 heavy (non-hydrogen) atoms. The van der Waals surface area contributed by atoms with E-state index >= 15 is 0 Å². The highest BCUT2D eigenvalue weighted by molar-refractivity contribution is 5.39. The largest absolute Gasteiger partial charge is 0.483 e. The lowest BCUT2D eigenvalue weighted by molar-refractivity contribution is -0.122. The Hall–Kier alpha value is -1.87. The fourth-order valence-corrected chi connectivity index (χ4v) is 6.40. The van der Waals surface area contributed by atoms with Crippen LogP contribution in [0.25, 0.3) is 0 Å². The first kappa shape index (κ1) is 31.3. The monoisotopic (exact) mass is 514 g/mol. The Morgan fingerprint density at radius 2 is 1.92 bits per heavy atom. The fraction of sp³-hybridized carbons (Fsp3) is 0.719. The summed E-state index contributed by atoms with van der Waals surface area (Å²) in [4.78, 5) is 8.36. The maximum atomic E-state index is 10.8. The van der Waals surface area contributed by atoms with Crippen LogP contribution in [0, 0.1) is 35.0 Å². The molecule has 0 radical (unpaired) electrons. The molecule has 0 bridgehead atoms. The van der Waals surface area contributed by atoms with Gasteiger partial charge in [-0.1, -0.05) is 51.0 Å². The third-order valence-electron chi connectivity index (χ3n) is 8.52. The van der Waals surface area contributed by atoms with Gasteiger partial charge in [0.25, 0.3) is 6.47 Å². The maximum absolute atomic E-state index is 10.8. The average Bonchev–Trinajstić information content (AvgIpc) is 3.15. The third-order valence-corrected chi connectivity index (χ3v) is 8.52. The van der Waals surface area contributed by atoms with Crippen molar-refractivity contribution < 1.29 is 24.9 Å². The Morgan fingerprint density at radius 3 is 2.57 bits per heavy atom. The number of hydrogen-bond acceptors (Lipinski definition) is 4. The molecule has 0 aromatic rings. The van der Waals surface area contributed by atoms with Gasteiger partial charge in [0.2, 0.25) is 0 Å². The predicted molar refractivity (Wildman–Crippen MR) is 150 cm³/mol. The minimum Gasteiger partial charge on any atom is -0.483 e. The minimum absolute atomic E-state index is 0.121. The summed E-state index contributed by atoms with van der Waals surface area (Å²) in [7, 11) is 0. The average molecular weight is 515 g/mol. The zero-order valence-corrected chi connectivity index (χ0v) is 23.8. The van der Waals surface area contributed by atoms with Crippen molar-refractivity contribution in [2.45, 2.75) is 117 Å². The Labute approximate surface area is 225 Å². The Balaban J connectivity index is 0.00000153. The molecular weight excluding hydrogens is 464 g/mol. The summed E-state index contributed by atoms with van der Waals surface area (Å²) in [6.07, 6.45) is 15.0. The van der Waals surface area contributed by atoms with E-state index in [2.05, 4.69) is 51.3 Å². The van der Waals surface area contributed by atoms with Gasteiger partial charge in [0, 0.05) is 13.0 Å². The van der Waals surface area contributed by atoms with Crippen molar-refractivity contribution in [1.82, 2.24) is 0 Å². The van der Waals surface area contributed by atoms with Gasteiger partial charge >= 0.3 is 0 Å². The predicted octanol–water partition coefficient (Wildman–Crippen LogP) is 6.45. The van der Waals surface area contributed by atoms with Crippen molar-refractivity contribution in [3.8, 4) is 11.8 Å². The molecule has 0 amide bonds. The highest BCUT2D eigenvalue weighted by Gasteiger charge is 2.48. The second-order valence-electron chi connectivity index (χ2n) is 12.2. The quantitative estimate of drug-likeness (QED) is 0.268. The zero-order chi connectivity index (χ0) is 27.6. The van der Waals surface area contributed by atoms with Crippen LogP contribution in [0.2, 0.25) is 0 Å². The van der Waals surface area contributed by atoms with Crippen LogP contribution in [-0.2, 0) is 9.53 Å². The molecule has 5 atom stereocenters. The number of carbonyl (C=O) groups is 1. The molecule has 3 rings (SSSR count). The van der Waals surface area contributed by atoms with Crippen LogP contribution < -0.4 is 0 Å². The molecule has 3 saturated carbocycles. The standard InChI is InChI=1S/C31H48O3.CH2O2/c1-22(2)18-21-34-28-17-14-24(23(3)29(28)32)12-13-25-10-9-20-31(6)26(15-16-27(25)31)11-7-8-19-30(4,5)33;2-1-3/h12-13,22,26-29,32-33H,3,7,9-11,14-18,20-21H2,1-2,4-6H3;1H,(H,2,3)/b24-12-,25-13+;. The number of hydrogen-bond donors (Lipinski definition) is 3. The number of ether oxygens (including phenoxy) is 1. The summed E-state index contributed by atoms with van der Waals surface area (Å²) in [6, 6.07) is 0. The second-order valence-corrected chi connectivity index (χ2v) is 12.2. The Bertz CT molecular complexity index is 881. The summed E-state index contributed by atoms with van der Waals surface area (Å²) in [5.74, 6) is 8.15.